The summed E-state index contributed by atoms with van der Waals surface area (Å²) in [5.41, 5.74) is 1.28. The molecule has 1 aliphatic carbocycles. The Balaban J connectivity index is 1.88. The van der Waals surface area contributed by atoms with E-state index in [1.54, 1.807) is 0 Å². The predicted octanol–water partition coefficient (Wildman–Crippen LogP) is 4.25. The lowest BCUT2D eigenvalue weighted by Gasteiger charge is -2.33. The van der Waals surface area contributed by atoms with Crippen LogP contribution in [0.25, 0.3) is 0 Å². The molecule has 2 rings (SSSR count). The van der Waals surface area contributed by atoms with Gasteiger partial charge in [-0.3, -0.25) is 0 Å². The quantitative estimate of drug-likeness (QED) is 0.847. The zero-order valence-electron chi connectivity index (χ0n) is 10.7. The minimum atomic E-state index is 0.665. The highest BCUT2D eigenvalue weighted by atomic mass is 35.5. The molecule has 1 aromatic carbocycles. The van der Waals surface area contributed by atoms with Crippen LogP contribution < -0.4 is 5.32 Å². The van der Waals surface area contributed by atoms with Crippen LogP contribution in [0.4, 0.5) is 0 Å². The topological polar surface area (TPSA) is 12.0 Å². The molecule has 0 spiro atoms. The molecule has 0 saturated heterocycles. The Bertz CT molecular complexity index is 364. The van der Waals surface area contributed by atoms with E-state index >= 15 is 0 Å². The van der Waals surface area contributed by atoms with Crippen molar-refractivity contribution >= 4 is 11.6 Å². The van der Waals surface area contributed by atoms with Gasteiger partial charge < -0.3 is 5.32 Å². The molecular formula is C15H22ClN. The molecule has 0 radical (unpaired) electrons. The molecule has 1 saturated carbocycles. The van der Waals surface area contributed by atoms with Crippen molar-refractivity contribution in [2.75, 3.05) is 0 Å². The summed E-state index contributed by atoms with van der Waals surface area (Å²) in [7, 11) is 0. The fourth-order valence-corrected chi connectivity index (χ4v) is 2.93. The SMILES string of the molecule is CC1CCC(C)C(NCc2cccc(Cl)c2)C1. The number of benzene rings is 1. The van der Waals surface area contributed by atoms with E-state index in [0.717, 1.165) is 23.4 Å². The van der Waals surface area contributed by atoms with Gasteiger partial charge in [0.2, 0.25) is 0 Å². The van der Waals surface area contributed by atoms with E-state index < -0.39 is 0 Å². The number of hydrogen-bond acceptors (Lipinski definition) is 1. The van der Waals surface area contributed by atoms with Gasteiger partial charge >= 0.3 is 0 Å². The summed E-state index contributed by atoms with van der Waals surface area (Å²) < 4.78 is 0. The molecule has 1 N–H and O–H groups in total. The van der Waals surface area contributed by atoms with E-state index in [2.05, 4.69) is 25.2 Å². The molecule has 2 heteroatoms. The standard InChI is InChI=1S/C15H22ClN/c1-11-6-7-12(2)15(8-11)17-10-13-4-3-5-14(16)9-13/h3-5,9,11-12,15,17H,6-8,10H2,1-2H3. The van der Waals surface area contributed by atoms with Crippen LogP contribution in [0, 0.1) is 11.8 Å². The number of halogens is 1. The summed E-state index contributed by atoms with van der Waals surface area (Å²) in [4.78, 5) is 0. The van der Waals surface area contributed by atoms with E-state index in [-0.39, 0.29) is 0 Å². The fraction of sp³-hybridized carbons (Fsp3) is 0.600. The molecule has 0 aromatic heterocycles. The number of hydrogen-bond donors (Lipinski definition) is 1. The van der Waals surface area contributed by atoms with Crippen molar-refractivity contribution in [2.24, 2.45) is 11.8 Å². The Morgan fingerprint density at radius 3 is 2.88 bits per heavy atom. The summed E-state index contributed by atoms with van der Waals surface area (Å²) in [6.07, 6.45) is 4.05. The first-order valence-corrected chi connectivity index (χ1v) is 7.01. The van der Waals surface area contributed by atoms with Gasteiger partial charge in [-0.25, -0.2) is 0 Å². The molecule has 0 aliphatic heterocycles. The molecule has 1 aliphatic rings. The first-order chi connectivity index (χ1) is 8.15. The average molecular weight is 252 g/mol. The van der Waals surface area contributed by atoms with Crippen LogP contribution in [-0.4, -0.2) is 6.04 Å². The van der Waals surface area contributed by atoms with Gasteiger partial charge in [0.1, 0.15) is 0 Å². The first-order valence-electron chi connectivity index (χ1n) is 6.63. The second-order valence-electron chi connectivity index (χ2n) is 5.51. The van der Waals surface area contributed by atoms with Gasteiger partial charge in [-0.15, -0.1) is 0 Å². The lowest BCUT2D eigenvalue weighted by Crippen LogP contribution is -2.39. The Kier molecular flexibility index (Phi) is 4.47. The number of nitrogens with one attached hydrogen (secondary N) is 1. The van der Waals surface area contributed by atoms with Crippen LogP contribution >= 0.6 is 11.6 Å². The van der Waals surface area contributed by atoms with Crippen molar-refractivity contribution in [1.29, 1.82) is 0 Å². The fourth-order valence-electron chi connectivity index (χ4n) is 2.71. The van der Waals surface area contributed by atoms with Crippen molar-refractivity contribution in [3.63, 3.8) is 0 Å². The molecule has 94 valence electrons. The van der Waals surface area contributed by atoms with Crippen molar-refractivity contribution in [3.05, 3.63) is 34.9 Å². The largest absolute Gasteiger partial charge is 0.310 e. The van der Waals surface area contributed by atoms with E-state index in [9.17, 15) is 0 Å². The van der Waals surface area contributed by atoms with Crippen LogP contribution in [0.5, 0.6) is 0 Å². The van der Waals surface area contributed by atoms with Crippen molar-refractivity contribution < 1.29 is 0 Å². The van der Waals surface area contributed by atoms with Crippen LogP contribution in [0.3, 0.4) is 0 Å². The molecule has 1 aromatic rings. The molecule has 3 unspecified atom stereocenters. The zero-order chi connectivity index (χ0) is 12.3. The van der Waals surface area contributed by atoms with Gasteiger partial charge in [-0.2, -0.15) is 0 Å². The van der Waals surface area contributed by atoms with Crippen molar-refractivity contribution in [2.45, 2.75) is 45.7 Å². The van der Waals surface area contributed by atoms with Gasteiger partial charge in [-0.1, -0.05) is 44.0 Å². The van der Waals surface area contributed by atoms with E-state index in [1.165, 1.54) is 24.8 Å². The normalized spacial score (nSPS) is 29.2. The Hall–Kier alpha value is -0.530. The highest BCUT2D eigenvalue weighted by Gasteiger charge is 2.24. The van der Waals surface area contributed by atoms with Crippen molar-refractivity contribution in [1.82, 2.24) is 5.32 Å². The second kappa shape index (κ2) is 5.88. The van der Waals surface area contributed by atoms with E-state index in [4.69, 9.17) is 11.6 Å². The highest BCUT2D eigenvalue weighted by molar-refractivity contribution is 6.30. The van der Waals surface area contributed by atoms with Gasteiger partial charge in [0.15, 0.2) is 0 Å². The molecule has 0 amide bonds. The third kappa shape index (κ3) is 3.72. The predicted molar refractivity (Wildman–Crippen MR) is 74.3 cm³/mol. The maximum absolute atomic E-state index is 5.99. The summed E-state index contributed by atoms with van der Waals surface area (Å²) in [5, 5.41) is 4.51. The zero-order valence-corrected chi connectivity index (χ0v) is 11.5. The summed E-state index contributed by atoms with van der Waals surface area (Å²) in [6, 6.07) is 8.79. The van der Waals surface area contributed by atoms with Crippen LogP contribution in [0.15, 0.2) is 24.3 Å². The molecule has 1 nitrogen and oxygen atoms in total. The van der Waals surface area contributed by atoms with E-state index in [0.29, 0.717) is 6.04 Å². The van der Waals surface area contributed by atoms with Crippen molar-refractivity contribution in [3.8, 4) is 0 Å². The Labute approximate surface area is 110 Å². The summed E-state index contributed by atoms with van der Waals surface area (Å²) in [6.45, 7) is 5.66. The van der Waals surface area contributed by atoms with Gasteiger partial charge in [0, 0.05) is 17.6 Å². The maximum Gasteiger partial charge on any atom is 0.0409 e. The van der Waals surface area contributed by atoms with Gasteiger partial charge in [0.25, 0.3) is 0 Å². The monoisotopic (exact) mass is 251 g/mol. The van der Waals surface area contributed by atoms with Crippen LogP contribution in [-0.2, 0) is 6.54 Å². The summed E-state index contributed by atoms with van der Waals surface area (Å²) >= 11 is 5.99. The van der Waals surface area contributed by atoms with E-state index in [1.807, 2.05) is 18.2 Å². The Morgan fingerprint density at radius 1 is 1.29 bits per heavy atom. The summed E-state index contributed by atoms with van der Waals surface area (Å²) in [5.74, 6) is 1.66. The average Bonchev–Trinajstić information content (AvgIpc) is 2.30. The molecular weight excluding hydrogens is 230 g/mol. The second-order valence-corrected chi connectivity index (χ2v) is 5.95. The van der Waals surface area contributed by atoms with Crippen LogP contribution in [0.1, 0.15) is 38.7 Å². The molecule has 1 fully saturated rings. The van der Waals surface area contributed by atoms with Gasteiger partial charge in [-0.05, 0) is 42.4 Å². The maximum atomic E-state index is 5.99. The Morgan fingerprint density at radius 2 is 2.12 bits per heavy atom. The third-order valence-electron chi connectivity index (χ3n) is 3.92. The molecule has 0 heterocycles. The smallest absolute Gasteiger partial charge is 0.0409 e. The lowest BCUT2D eigenvalue weighted by atomic mass is 9.80. The molecule has 0 bridgehead atoms. The highest BCUT2D eigenvalue weighted by Crippen LogP contribution is 2.28. The molecule has 17 heavy (non-hydrogen) atoms. The van der Waals surface area contributed by atoms with Gasteiger partial charge in [0.05, 0.1) is 0 Å². The minimum Gasteiger partial charge on any atom is -0.310 e. The molecule has 3 atom stereocenters. The lowest BCUT2D eigenvalue weighted by molar-refractivity contribution is 0.227. The van der Waals surface area contributed by atoms with Crippen LogP contribution in [0.2, 0.25) is 5.02 Å². The minimum absolute atomic E-state index is 0.665. The first kappa shape index (κ1) is 12.9. The number of rotatable bonds is 3. The third-order valence-corrected chi connectivity index (χ3v) is 4.15.